The van der Waals surface area contributed by atoms with Crippen LogP contribution in [0.25, 0.3) is 0 Å². The molecule has 3 unspecified atom stereocenters. The van der Waals surface area contributed by atoms with E-state index in [1.54, 1.807) is 0 Å². The van der Waals surface area contributed by atoms with Crippen LogP contribution in [0.15, 0.2) is 0 Å². The number of rotatable bonds is 3. The normalized spacial score (nSPS) is 39.9. The van der Waals surface area contributed by atoms with Crippen molar-refractivity contribution in [1.82, 2.24) is 9.80 Å². The van der Waals surface area contributed by atoms with E-state index in [-0.39, 0.29) is 0 Å². The Bertz CT molecular complexity index is 329. The quantitative estimate of drug-likeness (QED) is 0.859. The van der Waals surface area contributed by atoms with E-state index < -0.39 is 0 Å². The van der Waals surface area contributed by atoms with E-state index in [1.165, 1.54) is 58.4 Å². The Hall–Kier alpha value is -0.120. The summed E-state index contributed by atoms with van der Waals surface area (Å²) in [4.78, 5) is 5.43. The van der Waals surface area contributed by atoms with Gasteiger partial charge in [0.15, 0.2) is 0 Å². The summed E-state index contributed by atoms with van der Waals surface area (Å²) in [6.45, 7) is 13.7. The molecule has 2 aliphatic carbocycles. The summed E-state index contributed by atoms with van der Waals surface area (Å²) in [6, 6.07) is 1.36. The van der Waals surface area contributed by atoms with E-state index in [0.717, 1.165) is 12.0 Å². The third-order valence-electron chi connectivity index (χ3n) is 6.67. The van der Waals surface area contributed by atoms with Gasteiger partial charge in [0.1, 0.15) is 0 Å². The summed E-state index contributed by atoms with van der Waals surface area (Å²) in [5.41, 5.74) is 6.68. The van der Waals surface area contributed by atoms with Crippen molar-refractivity contribution < 1.29 is 0 Å². The fourth-order valence-electron chi connectivity index (χ4n) is 4.33. The summed E-state index contributed by atoms with van der Waals surface area (Å²) in [6.07, 6.45) is 5.44. The Kier molecular flexibility index (Phi) is 4.13. The Morgan fingerprint density at radius 2 is 1.65 bits per heavy atom. The summed E-state index contributed by atoms with van der Waals surface area (Å²) in [5.74, 6) is 1.47. The van der Waals surface area contributed by atoms with Crippen molar-refractivity contribution in [3.63, 3.8) is 0 Å². The molecule has 3 atom stereocenters. The van der Waals surface area contributed by atoms with Gasteiger partial charge in [0.25, 0.3) is 0 Å². The highest BCUT2D eigenvalue weighted by Gasteiger charge is 2.42. The van der Waals surface area contributed by atoms with Crippen molar-refractivity contribution >= 4 is 0 Å². The summed E-state index contributed by atoms with van der Waals surface area (Å²) in [5, 5.41) is 0. The lowest BCUT2D eigenvalue weighted by molar-refractivity contribution is 0.0155. The molecule has 1 aliphatic heterocycles. The zero-order chi connectivity index (χ0) is 14.3. The van der Waals surface area contributed by atoms with Gasteiger partial charge >= 0.3 is 0 Å². The maximum absolute atomic E-state index is 6.29. The van der Waals surface area contributed by atoms with Gasteiger partial charge < -0.3 is 10.6 Å². The lowest BCUT2D eigenvalue weighted by atomic mass is 9.61. The summed E-state index contributed by atoms with van der Waals surface area (Å²) in [7, 11) is 0. The molecule has 0 aromatic carbocycles. The second-order valence-corrected chi connectivity index (χ2v) is 8.12. The van der Waals surface area contributed by atoms with Gasteiger partial charge in [-0.05, 0) is 42.9 Å². The fourth-order valence-corrected chi connectivity index (χ4v) is 4.33. The molecule has 2 saturated carbocycles. The fraction of sp³-hybridized carbons (Fsp3) is 1.00. The summed E-state index contributed by atoms with van der Waals surface area (Å²) < 4.78 is 0. The van der Waals surface area contributed by atoms with Crippen LogP contribution in [0.1, 0.15) is 46.5 Å². The average molecular weight is 279 g/mol. The maximum Gasteiger partial charge on any atom is 0.0113 e. The standard InChI is InChI=1S/C17H33N3/c1-13-16(18)7-4-14(17(13,2)3)12-19-8-10-20(11-9-19)15-5-6-15/h13-16H,4-12,18H2,1-3H3. The average Bonchev–Trinajstić information content (AvgIpc) is 3.25. The molecule has 3 nitrogen and oxygen atoms in total. The minimum absolute atomic E-state index is 0.394. The smallest absolute Gasteiger partial charge is 0.0113 e. The van der Waals surface area contributed by atoms with Gasteiger partial charge in [0.2, 0.25) is 0 Å². The number of hydrogen-bond acceptors (Lipinski definition) is 3. The molecule has 3 aliphatic rings. The Morgan fingerprint density at radius 3 is 2.25 bits per heavy atom. The van der Waals surface area contributed by atoms with Crippen LogP contribution in [-0.4, -0.2) is 54.6 Å². The van der Waals surface area contributed by atoms with Crippen LogP contribution in [0.2, 0.25) is 0 Å². The van der Waals surface area contributed by atoms with E-state index >= 15 is 0 Å². The predicted octanol–water partition coefficient (Wildman–Crippen LogP) is 2.17. The molecule has 20 heavy (non-hydrogen) atoms. The Balaban J connectivity index is 1.52. The van der Waals surface area contributed by atoms with Gasteiger partial charge in [-0.3, -0.25) is 4.90 Å². The molecule has 0 bridgehead atoms. The van der Waals surface area contributed by atoms with Crippen LogP contribution < -0.4 is 5.73 Å². The van der Waals surface area contributed by atoms with Gasteiger partial charge in [-0.2, -0.15) is 0 Å². The van der Waals surface area contributed by atoms with Crippen molar-refractivity contribution in [3.8, 4) is 0 Å². The van der Waals surface area contributed by atoms with E-state index in [1.807, 2.05) is 0 Å². The zero-order valence-electron chi connectivity index (χ0n) is 13.6. The van der Waals surface area contributed by atoms with Crippen molar-refractivity contribution in [3.05, 3.63) is 0 Å². The first-order valence-corrected chi connectivity index (χ1v) is 8.70. The van der Waals surface area contributed by atoms with Gasteiger partial charge in [-0.25, -0.2) is 0 Å². The topological polar surface area (TPSA) is 32.5 Å². The molecule has 116 valence electrons. The number of hydrogen-bond donors (Lipinski definition) is 1. The summed E-state index contributed by atoms with van der Waals surface area (Å²) >= 11 is 0. The molecule has 3 heteroatoms. The molecule has 0 aromatic heterocycles. The minimum atomic E-state index is 0.394. The first-order valence-electron chi connectivity index (χ1n) is 8.70. The van der Waals surface area contributed by atoms with Crippen LogP contribution in [0.4, 0.5) is 0 Å². The zero-order valence-corrected chi connectivity index (χ0v) is 13.6. The largest absolute Gasteiger partial charge is 0.327 e. The lowest BCUT2D eigenvalue weighted by Crippen LogP contribution is -2.53. The first kappa shape index (κ1) is 14.8. The van der Waals surface area contributed by atoms with Crippen LogP contribution in [0.3, 0.4) is 0 Å². The molecule has 3 fully saturated rings. The molecule has 3 rings (SSSR count). The molecule has 1 saturated heterocycles. The predicted molar refractivity (Wildman–Crippen MR) is 84.7 cm³/mol. The molecule has 0 radical (unpaired) electrons. The van der Waals surface area contributed by atoms with Crippen molar-refractivity contribution in [2.24, 2.45) is 23.0 Å². The first-order chi connectivity index (χ1) is 9.48. The molecule has 0 spiro atoms. The number of piperazine rings is 1. The van der Waals surface area contributed by atoms with E-state index in [2.05, 4.69) is 30.6 Å². The van der Waals surface area contributed by atoms with Crippen LogP contribution in [-0.2, 0) is 0 Å². The van der Waals surface area contributed by atoms with Gasteiger partial charge in [0, 0.05) is 44.8 Å². The van der Waals surface area contributed by atoms with Crippen LogP contribution >= 0.6 is 0 Å². The number of nitrogens with zero attached hydrogens (tertiary/aromatic N) is 2. The second kappa shape index (κ2) is 5.58. The highest BCUT2D eigenvalue weighted by atomic mass is 15.3. The van der Waals surface area contributed by atoms with Crippen LogP contribution in [0, 0.1) is 17.3 Å². The number of nitrogens with two attached hydrogens (primary N) is 1. The monoisotopic (exact) mass is 279 g/mol. The molecule has 1 heterocycles. The van der Waals surface area contributed by atoms with Crippen molar-refractivity contribution in [1.29, 1.82) is 0 Å². The van der Waals surface area contributed by atoms with Crippen molar-refractivity contribution in [2.75, 3.05) is 32.7 Å². The van der Waals surface area contributed by atoms with Gasteiger partial charge in [-0.15, -0.1) is 0 Å². The lowest BCUT2D eigenvalue weighted by Gasteiger charge is -2.49. The van der Waals surface area contributed by atoms with Crippen LogP contribution in [0.5, 0.6) is 0 Å². The van der Waals surface area contributed by atoms with Crippen molar-refractivity contribution in [2.45, 2.75) is 58.5 Å². The van der Waals surface area contributed by atoms with E-state index in [4.69, 9.17) is 5.73 Å². The molecule has 0 aromatic rings. The maximum atomic E-state index is 6.29. The Morgan fingerprint density at radius 1 is 1.00 bits per heavy atom. The van der Waals surface area contributed by atoms with Gasteiger partial charge in [-0.1, -0.05) is 20.8 Å². The SMILES string of the molecule is CC1C(N)CCC(CN2CCN(C3CC3)CC2)C1(C)C. The van der Waals surface area contributed by atoms with E-state index in [9.17, 15) is 0 Å². The van der Waals surface area contributed by atoms with Gasteiger partial charge in [0.05, 0.1) is 0 Å². The molecular weight excluding hydrogens is 246 g/mol. The molecular formula is C17H33N3. The minimum Gasteiger partial charge on any atom is -0.327 e. The second-order valence-electron chi connectivity index (χ2n) is 8.12. The molecule has 2 N–H and O–H groups in total. The highest BCUT2D eigenvalue weighted by Crippen LogP contribution is 2.44. The third kappa shape index (κ3) is 2.90. The molecule has 0 amide bonds. The Labute approximate surface area is 124 Å². The third-order valence-corrected chi connectivity index (χ3v) is 6.67. The highest BCUT2D eigenvalue weighted by molar-refractivity contribution is 4.95. The van der Waals surface area contributed by atoms with E-state index in [0.29, 0.717) is 17.4 Å².